The van der Waals surface area contributed by atoms with Gasteiger partial charge in [0.2, 0.25) is 5.91 Å². The molecule has 314 valence electrons. The van der Waals surface area contributed by atoms with Crippen LogP contribution < -0.4 is 25.2 Å². The van der Waals surface area contributed by atoms with Crippen molar-refractivity contribution in [2.45, 2.75) is 62.3 Å². The van der Waals surface area contributed by atoms with E-state index in [9.17, 15) is 13.8 Å². The fraction of sp³-hybridized carbons (Fsp3) is 0.413. The van der Waals surface area contributed by atoms with Crippen LogP contribution in [0.4, 0.5) is 17.1 Å². The molecule has 2 unspecified atom stereocenters. The predicted octanol–water partition coefficient (Wildman–Crippen LogP) is 6.76. The number of β-lactam (4-membered cyclic amide) rings is 1. The van der Waals surface area contributed by atoms with Crippen LogP contribution in [-0.2, 0) is 25.4 Å². The maximum atomic E-state index is 14.0. The Balaban J connectivity index is 0.897. The van der Waals surface area contributed by atoms with Crippen LogP contribution in [0.5, 0.6) is 11.5 Å². The van der Waals surface area contributed by atoms with Crippen molar-refractivity contribution >= 4 is 50.9 Å². The van der Waals surface area contributed by atoms with Gasteiger partial charge in [0.05, 0.1) is 40.9 Å². The van der Waals surface area contributed by atoms with Crippen LogP contribution in [0.15, 0.2) is 96.2 Å². The summed E-state index contributed by atoms with van der Waals surface area (Å²) in [6.07, 6.45) is 11.6. The summed E-state index contributed by atoms with van der Waals surface area (Å²) in [5.41, 5.74) is 6.14. The molecular weight excluding hydrogens is 779 g/mol. The lowest BCUT2D eigenvalue weighted by Crippen LogP contribution is -2.76. The van der Waals surface area contributed by atoms with Crippen LogP contribution in [0.25, 0.3) is 11.0 Å². The van der Waals surface area contributed by atoms with Crippen molar-refractivity contribution in [2.75, 3.05) is 56.7 Å². The lowest BCUT2D eigenvalue weighted by molar-refractivity contribution is -0.829. The minimum atomic E-state index is -1.88. The maximum absolute atomic E-state index is 14.0. The number of pyridine rings is 1. The van der Waals surface area contributed by atoms with Crippen molar-refractivity contribution in [3.8, 4) is 11.5 Å². The number of carbonyl (C=O) groups is 2. The van der Waals surface area contributed by atoms with Gasteiger partial charge in [-0.15, -0.1) is 0 Å². The highest BCUT2D eigenvalue weighted by atomic mass is 32.2. The van der Waals surface area contributed by atoms with E-state index < -0.39 is 16.9 Å². The summed E-state index contributed by atoms with van der Waals surface area (Å²) in [4.78, 5) is 45.6. The first-order chi connectivity index (χ1) is 29.4. The van der Waals surface area contributed by atoms with E-state index in [1.54, 1.807) is 37.0 Å². The third-order valence-corrected chi connectivity index (χ3v) is 14.0. The second-order valence-electron chi connectivity index (χ2n) is 16.7. The van der Waals surface area contributed by atoms with Crippen molar-refractivity contribution < 1.29 is 33.6 Å². The van der Waals surface area contributed by atoms with Gasteiger partial charge in [-0.3, -0.25) is 14.3 Å². The topological polar surface area (TPSA) is 155 Å². The van der Waals surface area contributed by atoms with Crippen LogP contribution in [-0.4, -0.2) is 77.4 Å². The van der Waals surface area contributed by atoms with Gasteiger partial charge in [0.15, 0.2) is 16.7 Å². The summed E-state index contributed by atoms with van der Waals surface area (Å²) in [7, 11) is -0.302. The van der Waals surface area contributed by atoms with Crippen molar-refractivity contribution in [3.63, 3.8) is 0 Å². The Morgan fingerprint density at radius 1 is 0.983 bits per heavy atom. The molecule has 5 N–H and O–H groups in total. The number of carbonyl (C=O) groups excluding carboxylic acids is 2. The Hall–Kier alpha value is -5.28. The van der Waals surface area contributed by atoms with E-state index in [4.69, 9.17) is 14.3 Å². The number of anilines is 2. The summed E-state index contributed by atoms with van der Waals surface area (Å²) in [6, 6.07) is 25.5. The van der Waals surface area contributed by atoms with E-state index in [1.165, 1.54) is 5.56 Å². The summed E-state index contributed by atoms with van der Waals surface area (Å²) in [5.74, 6) is 1.52. The summed E-state index contributed by atoms with van der Waals surface area (Å²) < 4.78 is 28.4. The molecule has 0 bridgehead atoms. The zero-order valence-corrected chi connectivity index (χ0v) is 34.9. The van der Waals surface area contributed by atoms with E-state index in [2.05, 4.69) is 54.1 Å². The second kappa shape index (κ2) is 17.7. The molecule has 2 aromatic heterocycles. The molecule has 60 heavy (non-hydrogen) atoms. The second-order valence-corrected chi connectivity index (χ2v) is 17.9. The highest BCUT2D eigenvalue weighted by molar-refractivity contribution is 7.83. The standard InChI is InChI=1S/C46H53N7O6S/c1-57-50-40-27-37(10-12-39(40)48-28-31-16-23-58-24-17-31)60(56)51-44(54)38-11-9-35(26-41(38)59-36-25-34-13-20-47-43(34)49-29-36)52-21-14-32(15-22-52)30-53-42(33-7-3-2-4-8-33)46(45(53)55)18-5-6-19-46/h2-4,7-13,20,25-27,29,31-32,42,48,50H,5-6,14-19,21-24,28,30H2,1H3,(H,47,49)(H,51,54)/p+1. The van der Waals surface area contributed by atoms with Crippen molar-refractivity contribution in [3.05, 3.63) is 102 Å². The van der Waals surface area contributed by atoms with Gasteiger partial charge in [0, 0.05) is 68.8 Å². The Kier molecular flexibility index (Phi) is 11.9. The van der Waals surface area contributed by atoms with Gasteiger partial charge in [-0.2, -0.15) is 5.48 Å². The van der Waals surface area contributed by atoms with Gasteiger partial charge in [-0.05, 0) is 92.3 Å². The van der Waals surface area contributed by atoms with E-state index in [0.717, 1.165) is 119 Å². The lowest BCUT2D eigenvalue weighted by atomic mass is 9.66. The number of amides is 2. The number of benzene rings is 3. The molecule has 9 rings (SSSR count). The number of hydrogen-bond donors (Lipinski definition) is 4. The number of nitrogens with two attached hydrogens (primary N) is 1. The first-order valence-electron chi connectivity index (χ1n) is 21.3. The number of quaternary nitrogens is 1. The number of H-pyrrole nitrogens is 1. The minimum Gasteiger partial charge on any atom is -0.455 e. The molecule has 4 aliphatic rings. The SMILES string of the molecule is CO[NH2+]c1cc(S(=O)NC(=O)c2ccc(N3CCC(CN4C(=O)C5(CCCC5)C4c4ccccc4)CC3)cc2Oc2cnc3[nH]ccc3c2)ccc1NCC1CCOCC1. The first kappa shape index (κ1) is 40.1. The molecule has 1 aliphatic carbocycles. The van der Waals surface area contributed by atoms with Crippen LogP contribution in [0.3, 0.4) is 0 Å². The number of piperidine rings is 1. The van der Waals surface area contributed by atoms with E-state index >= 15 is 0 Å². The molecule has 5 heterocycles. The van der Waals surface area contributed by atoms with Gasteiger partial charge < -0.3 is 29.6 Å². The summed E-state index contributed by atoms with van der Waals surface area (Å²) in [5, 5.41) is 4.39. The van der Waals surface area contributed by atoms with Crippen LogP contribution in [0.1, 0.15) is 73.3 Å². The Bertz CT molecular complexity index is 2340. The van der Waals surface area contributed by atoms with Gasteiger partial charge in [0.1, 0.15) is 17.1 Å². The average Bonchev–Trinajstić information content (AvgIpc) is 3.99. The Morgan fingerprint density at radius 3 is 2.57 bits per heavy atom. The molecule has 0 radical (unpaired) electrons. The van der Waals surface area contributed by atoms with Gasteiger partial charge >= 0.3 is 0 Å². The molecule has 4 fully saturated rings. The monoisotopic (exact) mass is 832 g/mol. The molecule has 1 saturated carbocycles. The molecule has 1 spiro atoms. The maximum Gasteiger partial charge on any atom is 0.266 e. The summed E-state index contributed by atoms with van der Waals surface area (Å²) >= 11 is 0. The molecule has 2 amide bonds. The predicted molar refractivity (Wildman–Crippen MR) is 230 cm³/mol. The third-order valence-electron chi connectivity index (χ3n) is 13.0. The number of rotatable bonds is 14. The van der Waals surface area contributed by atoms with Crippen LogP contribution in [0, 0.1) is 17.3 Å². The third kappa shape index (κ3) is 8.25. The fourth-order valence-corrected chi connectivity index (χ4v) is 10.6. The number of nitrogens with one attached hydrogen (secondary N) is 3. The van der Waals surface area contributed by atoms with E-state index in [0.29, 0.717) is 34.1 Å². The average molecular weight is 833 g/mol. The Morgan fingerprint density at radius 2 is 1.78 bits per heavy atom. The zero-order chi connectivity index (χ0) is 41.1. The van der Waals surface area contributed by atoms with E-state index in [-0.39, 0.29) is 17.0 Å². The molecule has 5 aromatic rings. The largest absolute Gasteiger partial charge is 0.455 e. The fourth-order valence-electron chi connectivity index (χ4n) is 9.75. The van der Waals surface area contributed by atoms with E-state index in [1.807, 2.05) is 42.6 Å². The minimum absolute atomic E-state index is 0.161. The Labute approximate surface area is 353 Å². The zero-order valence-electron chi connectivity index (χ0n) is 34.1. The normalized spacial score (nSPS) is 20.0. The molecule has 14 heteroatoms. The molecule has 3 aromatic carbocycles. The van der Waals surface area contributed by atoms with Crippen LogP contribution >= 0.6 is 0 Å². The highest BCUT2D eigenvalue weighted by Gasteiger charge is 2.61. The number of nitrogens with zero attached hydrogens (tertiary/aromatic N) is 3. The molecule has 3 aliphatic heterocycles. The van der Waals surface area contributed by atoms with Crippen molar-refractivity contribution in [2.24, 2.45) is 17.3 Å². The van der Waals surface area contributed by atoms with Gasteiger partial charge in [-0.25, -0.2) is 14.0 Å². The number of aromatic amines is 1. The number of aromatic nitrogens is 2. The molecule has 3 saturated heterocycles. The van der Waals surface area contributed by atoms with Gasteiger partial charge in [0.25, 0.3) is 5.91 Å². The number of fused-ring (bicyclic) bond motifs is 1. The van der Waals surface area contributed by atoms with Crippen molar-refractivity contribution in [1.82, 2.24) is 19.6 Å². The lowest BCUT2D eigenvalue weighted by Gasteiger charge is -2.56. The first-order valence-corrected chi connectivity index (χ1v) is 22.4. The molecule has 2 atom stereocenters. The summed E-state index contributed by atoms with van der Waals surface area (Å²) in [6.45, 7) is 4.72. The number of ether oxygens (including phenoxy) is 2. The number of likely N-dealkylation sites (tertiary alicyclic amines) is 1. The molecular formula is C46H54N7O6S+. The van der Waals surface area contributed by atoms with Gasteiger partial charge in [-0.1, -0.05) is 43.2 Å². The number of hydrogen-bond acceptors (Lipinski definition) is 9. The smallest absolute Gasteiger partial charge is 0.266 e. The van der Waals surface area contributed by atoms with Crippen LogP contribution in [0.2, 0.25) is 0 Å². The van der Waals surface area contributed by atoms with Crippen molar-refractivity contribution in [1.29, 1.82) is 0 Å². The highest BCUT2D eigenvalue weighted by Crippen LogP contribution is 2.59. The quantitative estimate of drug-likeness (QED) is 0.0540. The molecule has 13 nitrogen and oxygen atoms in total.